The van der Waals surface area contributed by atoms with Gasteiger partial charge in [0.2, 0.25) is 0 Å². The van der Waals surface area contributed by atoms with E-state index in [1.807, 2.05) is 0 Å². The summed E-state index contributed by atoms with van der Waals surface area (Å²) in [5.74, 6) is -0.338. The summed E-state index contributed by atoms with van der Waals surface area (Å²) in [6.07, 6.45) is 4.59. The Morgan fingerprint density at radius 1 is 1.37 bits per heavy atom. The van der Waals surface area contributed by atoms with Gasteiger partial charge < -0.3 is 0 Å². The zero-order valence-corrected chi connectivity index (χ0v) is 11.2. The summed E-state index contributed by atoms with van der Waals surface area (Å²) in [5.41, 5.74) is 1.01. The fraction of sp³-hybridized carbons (Fsp3) is 0.0833. The lowest BCUT2D eigenvalue weighted by atomic mass is 10.2. The van der Waals surface area contributed by atoms with E-state index in [1.54, 1.807) is 18.3 Å². The molecule has 19 heavy (non-hydrogen) atoms. The number of hydrogen-bond acceptors (Lipinski definition) is 3. The van der Waals surface area contributed by atoms with E-state index in [0.29, 0.717) is 10.1 Å². The number of benzene rings is 1. The molecule has 0 amide bonds. The van der Waals surface area contributed by atoms with Crippen molar-refractivity contribution >= 4 is 21.6 Å². The Balaban J connectivity index is 2.03. The molecule has 0 aliphatic rings. The molecule has 3 aromatic rings. The largest absolute Gasteiger partial charge is 0.350 e. The van der Waals surface area contributed by atoms with Gasteiger partial charge in [-0.05, 0) is 33.6 Å². The molecule has 0 atom stereocenters. The number of hydrogen-bond donors (Lipinski definition) is 0. The molecule has 0 fully saturated rings. The molecule has 0 saturated heterocycles. The summed E-state index contributed by atoms with van der Waals surface area (Å²) in [5, 5.41) is 4.16. The van der Waals surface area contributed by atoms with Crippen LogP contribution in [0.5, 0.6) is 0 Å². The molecule has 1 aromatic carbocycles. The predicted molar refractivity (Wildman–Crippen MR) is 70.4 cm³/mol. The zero-order chi connectivity index (χ0) is 13.4. The van der Waals surface area contributed by atoms with Gasteiger partial charge in [-0.2, -0.15) is 0 Å². The third-order valence-electron chi connectivity index (χ3n) is 2.71. The molecular formula is C12H8BrFN4O. The number of aromatic nitrogens is 4. The maximum atomic E-state index is 13.1. The summed E-state index contributed by atoms with van der Waals surface area (Å²) in [7, 11) is 0. The first-order valence-electron chi connectivity index (χ1n) is 5.48. The zero-order valence-electron chi connectivity index (χ0n) is 9.62. The third-order valence-corrected chi connectivity index (χ3v) is 3.31. The maximum absolute atomic E-state index is 13.1. The van der Waals surface area contributed by atoms with Gasteiger partial charge in [-0.3, -0.25) is 4.98 Å². The van der Waals surface area contributed by atoms with Crippen molar-refractivity contribution in [1.82, 2.24) is 19.2 Å². The SMILES string of the molecule is O=c1n(Cc2ccc(F)c(Br)c2)nc2cnccn12. The minimum atomic E-state index is -0.338. The lowest BCUT2D eigenvalue weighted by molar-refractivity contribution is 0.616. The van der Waals surface area contributed by atoms with Crippen LogP contribution in [0.4, 0.5) is 4.39 Å². The van der Waals surface area contributed by atoms with Gasteiger partial charge in [-0.1, -0.05) is 6.07 Å². The van der Waals surface area contributed by atoms with Gasteiger partial charge in [0.05, 0.1) is 17.2 Å². The molecule has 5 nitrogen and oxygen atoms in total. The first kappa shape index (κ1) is 12.0. The van der Waals surface area contributed by atoms with Crippen LogP contribution in [-0.4, -0.2) is 19.2 Å². The van der Waals surface area contributed by atoms with Crippen LogP contribution in [-0.2, 0) is 6.54 Å². The molecular weight excluding hydrogens is 315 g/mol. The first-order chi connectivity index (χ1) is 9.15. The van der Waals surface area contributed by atoms with Crippen molar-refractivity contribution in [3.63, 3.8) is 0 Å². The van der Waals surface area contributed by atoms with Crippen LogP contribution in [0.2, 0.25) is 0 Å². The molecule has 2 aromatic heterocycles. The monoisotopic (exact) mass is 322 g/mol. The van der Waals surface area contributed by atoms with Crippen molar-refractivity contribution in [2.75, 3.05) is 0 Å². The summed E-state index contributed by atoms with van der Waals surface area (Å²) in [6.45, 7) is 0.277. The van der Waals surface area contributed by atoms with E-state index in [9.17, 15) is 9.18 Å². The fourth-order valence-electron chi connectivity index (χ4n) is 1.79. The Labute approximate surface area is 115 Å². The quantitative estimate of drug-likeness (QED) is 0.723. The van der Waals surface area contributed by atoms with Gasteiger partial charge in [0.15, 0.2) is 5.65 Å². The molecule has 3 rings (SSSR count). The number of halogens is 2. The Hall–Kier alpha value is -2.02. The highest BCUT2D eigenvalue weighted by molar-refractivity contribution is 9.10. The Bertz CT molecular complexity index is 811. The number of rotatable bonds is 2. The highest BCUT2D eigenvalue weighted by atomic mass is 79.9. The van der Waals surface area contributed by atoms with Crippen molar-refractivity contribution < 1.29 is 4.39 Å². The Kier molecular flexibility index (Phi) is 2.90. The highest BCUT2D eigenvalue weighted by Crippen LogP contribution is 2.17. The average Bonchev–Trinajstić information content (AvgIpc) is 2.72. The van der Waals surface area contributed by atoms with E-state index in [-0.39, 0.29) is 18.1 Å². The molecule has 96 valence electrons. The minimum Gasteiger partial charge on any atom is -0.259 e. The van der Waals surface area contributed by atoms with Gasteiger partial charge in [0, 0.05) is 12.4 Å². The molecule has 0 radical (unpaired) electrons. The van der Waals surface area contributed by atoms with Crippen LogP contribution in [0, 0.1) is 5.82 Å². The second-order valence-corrected chi connectivity index (χ2v) is 4.85. The normalized spacial score (nSPS) is 11.1. The van der Waals surface area contributed by atoms with Crippen LogP contribution in [0.3, 0.4) is 0 Å². The van der Waals surface area contributed by atoms with E-state index in [0.717, 1.165) is 5.56 Å². The summed E-state index contributed by atoms with van der Waals surface area (Å²) >= 11 is 3.11. The molecule has 0 bridgehead atoms. The predicted octanol–water partition coefficient (Wildman–Crippen LogP) is 1.84. The van der Waals surface area contributed by atoms with Crippen LogP contribution in [0.1, 0.15) is 5.56 Å². The molecule has 0 saturated carbocycles. The summed E-state index contributed by atoms with van der Waals surface area (Å²) < 4.78 is 16.2. The van der Waals surface area contributed by atoms with Gasteiger partial charge in [0.25, 0.3) is 0 Å². The minimum absolute atomic E-state index is 0.252. The number of nitrogens with zero attached hydrogens (tertiary/aromatic N) is 4. The first-order valence-corrected chi connectivity index (χ1v) is 6.27. The molecule has 0 unspecified atom stereocenters. The van der Waals surface area contributed by atoms with Crippen molar-refractivity contribution in [3.05, 3.63) is 63.1 Å². The van der Waals surface area contributed by atoms with Crippen LogP contribution in [0.25, 0.3) is 5.65 Å². The fourth-order valence-corrected chi connectivity index (χ4v) is 2.22. The second-order valence-electron chi connectivity index (χ2n) is 3.99. The van der Waals surface area contributed by atoms with Crippen LogP contribution in [0.15, 0.2) is 46.1 Å². The highest BCUT2D eigenvalue weighted by Gasteiger charge is 2.08. The molecule has 2 heterocycles. The third kappa shape index (κ3) is 2.17. The molecule has 0 spiro atoms. The van der Waals surface area contributed by atoms with Crippen molar-refractivity contribution in [3.8, 4) is 0 Å². The maximum Gasteiger partial charge on any atom is 0.350 e. The van der Waals surface area contributed by atoms with Crippen LogP contribution < -0.4 is 5.69 Å². The molecule has 0 aliphatic heterocycles. The summed E-state index contributed by atoms with van der Waals surface area (Å²) in [4.78, 5) is 15.9. The standard InChI is InChI=1S/C12H8BrFN4O/c13-9-5-8(1-2-10(9)14)7-18-12(19)17-4-3-15-6-11(17)16-18/h1-6H,7H2. The number of fused-ring (bicyclic) bond motifs is 1. The molecule has 0 aliphatic carbocycles. The second kappa shape index (κ2) is 4.58. The van der Waals surface area contributed by atoms with Gasteiger partial charge in [0.1, 0.15) is 5.82 Å². The average molecular weight is 323 g/mol. The van der Waals surface area contributed by atoms with Crippen molar-refractivity contribution in [2.45, 2.75) is 6.54 Å². The van der Waals surface area contributed by atoms with Crippen molar-refractivity contribution in [2.24, 2.45) is 0 Å². The Morgan fingerprint density at radius 2 is 2.21 bits per heavy atom. The topological polar surface area (TPSA) is 52.2 Å². The van der Waals surface area contributed by atoms with E-state index < -0.39 is 0 Å². The lowest BCUT2D eigenvalue weighted by Crippen LogP contribution is -2.21. The molecule has 7 heteroatoms. The van der Waals surface area contributed by atoms with Crippen LogP contribution >= 0.6 is 15.9 Å². The smallest absolute Gasteiger partial charge is 0.259 e. The van der Waals surface area contributed by atoms with E-state index >= 15 is 0 Å². The lowest BCUT2D eigenvalue weighted by Gasteiger charge is -2.01. The van der Waals surface area contributed by atoms with E-state index in [2.05, 4.69) is 26.0 Å². The Morgan fingerprint density at radius 3 is 2.95 bits per heavy atom. The molecule has 0 N–H and O–H groups in total. The van der Waals surface area contributed by atoms with Gasteiger partial charge in [-0.15, -0.1) is 5.10 Å². The van der Waals surface area contributed by atoms with Gasteiger partial charge >= 0.3 is 5.69 Å². The van der Waals surface area contributed by atoms with E-state index in [4.69, 9.17) is 0 Å². The summed E-state index contributed by atoms with van der Waals surface area (Å²) in [6, 6.07) is 4.60. The van der Waals surface area contributed by atoms with E-state index in [1.165, 1.54) is 27.5 Å². The van der Waals surface area contributed by atoms with Gasteiger partial charge in [-0.25, -0.2) is 18.3 Å². The van der Waals surface area contributed by atoms with Crippen molar-refractivity contribution in [1.29, 1.82) is 0 Å².